The van der Waals surface area contributed by atoms with E-state index in [2.05, 4.69) is 32.4 Å². The number of hydrogen-bond acceptors (Lipinski definition) is 4. The molecule has 33 heavy (non-hydrogen) atoms. The summed E-state index contributed by atoms with van der Waals surface area (Å²) >= 11 is 0. The molecule has 0 aromatic carbocycles. The van der Waals surface area contributed by atoms with Crippen LogP contribution in [0.1, 0.15) is 98.3 Å². The average molecular weight is 482 g/mol. The van der Waals surface area contributed by atoms with E-state index in [-0.39, 0.29) is 17.9 Å². The lowest BCUT2D eigenvalue weighted by Gasteiger charge is -2.64. The van der Waals surface area contributed by atoms with Gasteiger partial charge in [-0.25, -0.2) is 8.42 Å². The second-order valence-corrected chi connectivity index (χ2v) is 14.5. The summed E-state index contributed by atoms with van der Waals surface area (Å²) in [7, 11) is -3.49. The molecule has 10 atom stereocenters. The minimum atomic E-state index is -3.49. The Kier molecular flexibility index (Phi) is 7.03. The molecule has 4 aliphatic carbocycles. The highest BCUT2D eigenvalue weighted by molar-refractivity contribution is 7.89. The summed E-state index contributed by atoms with van der Waals surface area (Å²) < 4.78 is 24.9. The Hall–Kier alpha value is -0.620. The largest absolute Gasteiger partial charge is 0.393 e. The molecule has 2 N–H and O–H groups in total. The molecule has 0 aliphatic heterocycles. The van der Waals surface area contributed by atoms with Crippen molar-refractivity contribution in [2.45, 2.75) is 104 Å². The molecule has 190 valence electrons. The van der Waals surface area contributed by atoms with E-state index < -0.39 is 15.9 Å². The first-order chi connectivity index (χ1) is 15.4. The van der Waals surface area contributed by atoms with Crippen molar-refractivity contribution in [1.82, 2.24) is 4.72 Å². The minimum absolute atomic E-state index is 0.171. The van der Waals surface area contributed by atoms with Crippen LogP contribution in [0.15, 0.2) is 0 Å². The highest BCUT2D eigenvalue weighted by atomic mass is 32.2. The molecule has 0 spiro atoms. The summed E-state index contributed by atoms with van der Waals surface area (Å²) in [5.74, 6) is 3.28. The molecule has 1 amide bonds. The number of carbonyl (C=O) groups excluding carboxylic acids is 1. The van der Waals surface area contributed by atoms with Gasteiger partial charge in [-0.3, -0.25) is 9.52 Å². The van der Waals surface area contributed by atoms with E-state index in [4.69, 9.17) is 0 Å². The maximum Gasteiger partial charge on any atom is 0.233 e. The molecule has 4 fully saturated rings. The van der Waals surface area contributed by atoms with E-state index in [1.54, 1.807) is 0 Å². The summed E-state index contributed by atoms with van der Waals surface area (Å²) in [6.07, 6.45) is 13.1. The van der Waals surface area contributed by atoms with Crippen molar-refractivity contribution in [3.63, 3.8) is 0 Å². The first kappa shape index (κ1) is 25.5. The quantitative estimate of drug-likeness (QED) is 0.551. The van der Waals surface area contributed by atoms with Gasteiger partial charge in [-0.15, -0.1) is 0 Å². The Morgan fingerprint density at radius 1 is 1.03 bits per heavy atom. The smallest absolute Gasteiger partial charge is 0.233 e. The van der Waals surface area contributed by atoms with Crippen LogP contribution in [0.25, 0.3) is 0 Å². The number of rotatable bonds is 6. The molecule has 0 aromatic rings. The summed E-state index contributed by atoms with van der Waals surface area (Å²) in [5.41, 5.74) is 0.600. The van der Waals surface area contributed by atoms with Gasteiger partial charge in [0.1, 0.15) is 0 Å². The minimum Gasteiger partial charge on any atom is -0.393 e. The average Bonchev–Trinajstić information content (AvgIpc) is 3.08. The molecular formula is C27H47NO4S. The first-order valence-electron chi connectivity index (χ1n) is 13.6. The summed E-state index contributed by atoms with van der Waals surface area (Å²) in [5, 5.41) is 11.8. The zero-order chi connectivity index (χ0) is 24.2. The van der Waals surface area contributed by atoms with E-state index in [1.807, 2.05) is 0 Å². The molecule has 4 aliphatic rings. The molecule has 0 bridgehead atoms. The SMILES string of the molecule is CC[C@H]1[C@@H](O)C2[C@@H]3CC[C@H]([C@@H](C)CCC(=O)NS(C)(=O)=O)C3(C)CC[C@@H]2[C@@]2(C)CCCC[C@@H]12. The van der Waals surface area contributed by atoms with E-state index in [0.717, 1.165) is 19.1 Å². The number of aliphatic hydroxyl groups excluding tert-OH is 1. The van der Waals surface area contributed by atoms with Gasteiger partial charge in [0.25, 0.3) is 0 Å². The van der Waals surface area contributed by atoms with Gasteiger partial charge >= 0.3 is 0 Å². The maximum atomic E-state index is 12.1. The summed E-state index contributed by atoms with van der Waals surface area (Å²) in [4.78, 5) is 12.1. The lowest BCUT2D eigenvalue weighted by Crippen LogP contribution is -2.61. The van der Waals surface area contributed by atoms with Crippen molar-refractivity contribution < 1.29 is 18.3 Å². The topological polar surface area (TPSA) is 83.5 Å². The van der Waals surface area contributed by atoms with Gasteiger partial charge in [0, 0.05) is 6.42 Å². The molecule has 5 nitrogen and oxygen atoms in total. The molecule has 0 aromatic heterocycles. The van der Waals surface area contributed by atoms with Crippen LogP contribution in [0.3, 0.4) is 0 Å². The Balaban J connectivity index is 1.52. The van der Waals surface area contributed by atoms with Gasteiger partial charge in [-0.05, 0) is 97.2 Å². The standard InChI is InChI=1S/C27H47NO4S/c1-6-18-20-9-7-8-15-26(20,3)22-14-16-27(4)19(11-12-21(27)24(22)25(18)30)17(2)10-13-23(29)28-33(5,31)32/h17-22,24-25,30H,6-16H2,1-5H3,(H,28,29)/t17-,18+,19+,20-,21-,22-,24?,25+,26-,27?/m0/s1. The Labute approximate surface area is 201 Å². The molecular weight excluding hydrogens is 434 g/mol. The lowest BCUT2D eigenvalue weighted by atomic mass is 9.41. The highest BCUT2D eigenvalue weighted by Gasteiger charge is 2.64. The molecule has 4 saturated carbocycles. The normalized spacial score (nSPS) is 46.1. The van der Waals surface area contributed by atoms with Gasteiger partial charge in [0.05, 0.1) is 12.4 Å². The van der Waals surface area contributed by atoms with E-state index in [0.29, 0.717) is 46.8 Å². The van der Waals surface area contributed by atoms with Crippen LogP contribution >= 0.6 is 0 Å². The van der Waals surface area contributed by atoms with Crippen LogP contribution in [0.4, 0.5) is 0 Å². The zero-order valence-corrected chi connectivity index (χ0v) is 22.3. The van der Waals surface area contributed by atoms with Crippen LogP contribution in [-0.4, -0.2) is 31.8 Å². The Bertz CT molecular complexity index is 843. The van der Waals surface area contributed by atoms with Crippen molar-refractivity contribution in [3.8, 4) is 0 Å². The Morgan fingerprint density at radius 2 is 1.73 bits per heavy atom. The van der Waals surface area contributed by atoms with Gasteiger partial charge in [-0.1, -0.05) is 47.0 Å². The van der Waals surface area contributed by atoms with Crippen molar-refractivity contribution >= 4 is 15.9 Å². The number of sulfonamides is 1. The van der Waals surface area contributed by atoms with E-state index >= 15 is 0 Å². The summed E-state index contributed by atoms with van der Waals surface area (Å²) in [6.45, 7) is 9.58. The van der Waals surface area contributed by atoms with Crippen LogP contribution in [0, 0.1) is 52.3 Å². The molecule has 6 heteroatoms. The number of amides is 1. The predicted molar refractivity (Wildman–Crippen MR) is 132 cm³/mol. The fourth-order valence-corrected chi connectivity index (χ4v) is 10.3. The second kappa shape index (κ2) is 9.11. The van der Waals surface area contributed by atoms with E-state index in [9.17, 15) is 18.3 Å². The lowest BCUT2D eigenvalue weighted by molar-refractivity contribution is -0.194. The number of hydrogen-bond donors (Lipinski definition) is 2. The van der Waals surface area contributed by atoms with Crippen LogP contribution in [-0.2, 0) is 14.8 Å². The third-order valence-electron chi connectivity index (χ3n) is 11.2. The van der Waals surface area contributed by atoms with Gasteiger partial charge in [0.2, 0.25) is 15.9 Å². The van der Waals surface area contributed by atoms with Crippen molar-refractivity contribution in [3.05, 3.63) is 0 Å². The number of nitrogens with one attached hydrogen (secondary N) is 1. The fraction of sp³-hybridized carbons (Fsp3) is 0.963. The van der Waals surface area contributed by atoms with Gasteiger partial charge in [0.15, 0.2) is 0 Å². The molecule has 4 rings (SSSR count). The number of carbonyl (C=O) groups is 1. The van der Waals surface area contributed by atoms with Crippen LogP contribution in [0.2, 0.25) is 0 Å². The highest BCUT2D eigenvalue weighted by Crippen LogP contribution is 2.69. The summed E-state index contributed by atoms with van der Waals surface area (Å²) in [6, 6.07) is 0. The fourth-order valence-electron chi connectivity index (χ4n) is 9.83. The number of fused-ring (bicyclic) bond motifs is 5. The predicted octanol–water partition coefficient (Wildman–Crippen LogP) is 5.13. The molecule has 0 heterocycles. The van der Waals surface area contributed by atoms with E-state index in [1.165, 1.54) is 51.4 Å². The molecule has 2 unspecified atom stereocenters. The van der Waals surface area contributed by atoms with Crippen molar-refractivity contribution in [2.24, 2.45) is 52.3 Å². The maximum absolute atomic E-state index is 12.1. The number of aliphatic hydroxyl groups is 1. The molecule has 0 radical (unpaired) electrons. The Morgan fingerprint density at radius 3 is 2.39 bits per heavy atom. The third kappa shape index (κ3) is 4.41. The first-order valence-corrected chi connectivity index (χ1v) is 15.5. The van der Waals surface area contributed by atoms with Gasteiger partial charge < -0.3 is 5.11 Å². The zero-order valence-electron chi connectivity index (χ0n) is 21.5. The van der Waals surface area contributed by atoms with Crippen molar-refractivity contribution in [2.75, 3.05) is 6.26 Å². The van der Waals surface area contributed by atoms with Gasteiger partial charge in [-0.2, -0.15) is 0 Å². The van der Waals surface area contributed by atoms with Crippen molar-refractivity contribution in [1.29, 1.82) is 0 Å². The van der Waals surface area contributed by atoms with Crippen LogP contribution < -0.4 is 4.72 Å². The second-order valence-electron chi connectivity index (χ2n) is 12.8. The molecule has 0 saturated heterocycles. The third-order valence-corrected chi connectivity index (χ3v) is 11.8. The van der Waals surface area contributed by atoms with Crippen LogP contribution in [0.5, 0.6) is 0 Å². The monoisotopic (exact) mass is 481 g/mol.